The van der Waals surface area contributed by atoms with Gasteiger partial charge in [0.15, 0.2) is 0 Å². The fourth-order valence-electron chi connectivity index (χ4n) is 2.98. The van der Waals surface area contributed by atoms with Crippen LogP contribution in [-0.4, -0.2) is 12.5 Å². The lowest BCUT2D eigenvalue weighted by molar-refractivity contribution is 0.102. The van der Waals surface area contributed by atoms with E-state index in [1.54, 1.807) is 0 Å². The summed E-state index contributed by atoms with van der Waals surface area (Å²) in [5.41, 5.74) is 4.27. The molecule has 1 amide bonds. The van der Waals surface area contributed by atoms with E-state index in [9.17, 15) is 4.79 Å². The standard InChI is InChI=1S/C22H25NO3/c1-5-6-12-25-17-10-11-20-18(13-17)21(16(4)26-20)22(24)23-19-9-7-8-14(2)15(19)3/h7-11,13H,5-6,12H2,1-4H3,(H,23,24). The van der Waals surface area contributed by atoms with Gasteiger partial charge in [-0.1, -0.05) is 25.5 Å². The molecule has 1 heterocycles. The summed E-state index contributed by atoms with van der Waals surface area (Å²) in [5.74, 6) is 1.20. The number of rotatable bonds is 6. The maximum absolute atomic E-state index is 12.9. The van der Waals surface area contributed by atoms with Gasteiger partial charge >= 0.3 is 0 Å². The van der Waals surface area contributed by atoms with E-state index in [1.165, 1.54) is 0 Å². The molecule has 0 aliphatic rings. The van der Waals surface area contributed by atoms with E-state index in [0.717, 1.165) is 40.8 Å². The number of fused-ring (bicyclic) bond motifs is 1. The number of carbonyl (C=O) groups is 1. The molecule has 0 spiro atoms. The Hall–Kier alpha value is -2.75. The minimum atomic E-state index is -0.166. The Balaban J connectivity index is 1.92. The van der Waals surface area contributed by atoms with Crippen molar-refractivity contribution in [3.63, 3.8) is 0 Å². The normalized spacial score (nSPS) is 10.9. The zero-order valence-corrected chi connectivity index (χ0v) is 15.8. The van der Waals surface area contributed by atoms with E-state index >= 15 is 0 Å². The summed E-state index contributed by atoms with van der Waals surface area (Å²) in [4.78, 5) is 12.9. The number of furan rings is 1. The molecule has 1 aromatic heterocycles. The molecular formula is C22H25NO3. The van der Waals surface area contributed by atoms with Gasteiger partial charge in [0.2, 0.25) is 0 Å². The molecule has 136 valence electrons. The van der Waals surface area contributed by atoms with Crippen LogP contribution in [0.4, 0.5) is 5.69 Å². The Kier molecular flexibility index (Phi) is 5.31. The van der Waals surface area contributed by atoms with Gasteiger partial charge < -0.3 is 14.5 Å². The lowest BCUT2D eigenvalue weighted by Crippen LogP contribution is -2.13. The van der Waals surface area contributed by atoms with Crippen LogP contribution >= 0.6 is 0 Å². The summed E-state index contributed by atoms with van der Waals surface area (Å²) < 4.78 is 11.6. The third-order valence-electron chi connectivity index (χ3n) is 4.68. The van der Waals surface area contributed by atoms with Gasteiger partial charge in [-0.15, -0.1) is 0 Å². The average molecular weight is 351 g/mol. The Bertz CT molecular complexity index is 940. The summed E-state index contributed by atoms with van der Waals surface area (Å²) >= 11 is 0. The third kappa shape index (κ3) is 3.59. The highest BCUT2D eigenvalue weighted by atomic mass is 16.5. The van der Waals surface area contributed by atoms with Crippen LogP contribution in [0.5, 0.6) is 5.75 Å². The fraction of sp³-hybridized carbons (Fsp3) is 0.318. The minimum absolute atomic E-state index is 0.166. The molecule has 3 aromatic rings. The maximum Gasteiger partial charge on any atom is 0.259 e. The van der Waals surface area contributed by atoms with Crippen molar-refractivity contribution in [3.8, 4) is 5.75 Å². The summed E-state index contributed by atoms with van der Waals surface area (Å²) in [7, 11) is 0. The number of hydrogen-bond donors (Lipinski definition) is 1. The number of anilines is 1. The van der Waals surface area contributed by atoms with Crippen molar-refractivity contribution >= 4 is 22.6 Å². The first-order chi connectivity index (χ1) is 12.5. The molecule has 0 unspecified atom stereocenters. The maximum atomic E-state index is 12.9. The van der Waals surface area contributed by atoms with Crippen LogP contribution in [0.15, 0.2) is 40.8 Å². The van der Waals surface area contributed by atoms with Gasteiger partial charge in [-0.25, -0.2) is 0 Å². The average Bonchev–Trinajstić information content (AvgIpc) is 2.94. The number of benzene rings is 2. The van der Waals surface area contributed by atoms with Crippen molar-refractivity contribution in [1.82, 2.24) is 0 Å². The first kappa shape index (κ1) is 18.1. The van der Waals surface area contributed by atoms with Gasteiger partial charge in [0.1, 0.15) is 17.1 Å². The Morgan fingerprint density at radius 1 is 1.15 bits per heavy atom. The molecule has 4 nitrogen and oxygen atoms in total. The third-order valence-corrected chi connectivity index (χ3v) is 4.68. The first-order valence-corrected chi connectivity index (χ1v) is 9.04. The number of aryl methyl sites for hydroxylation is 2. The summed E-state index contributed by atoms with van der Waals surface area (Å²) in [5, 5.41) is 3.80. The second kappa shape index (κ2) is 7.65. The lowest BCUT2D eigenvalue weighted by Gasteiger charge is -2.10. The smallest absolute Gasteiger partial charge is 0.259 e. The van der Waals surface area contributed by atoms with Crippen LogP contribution in [0, 0.1) is 20.8 Å². The van der Waals surface area contributed by atoms with Crippen molar-refractivity contribution in [1.29, 1.82) is 0 Å². The van der Waals surface area contributed by atoms with Gasteiger partial charge in [0.25, 0.3) is 5.91 Å². The summed E-state index contributed by atoms with van der Waals surface area (Å²) in [6.45, 7) is 8.65. The Morgan fingerprint density at radius 3 is 2.73 bits per heavy atom. The monoisotopic (exact) mass is 351 g/mol. The minimum Gasteiger partial charge on any atom is -0.494 e. The van der Waals surface area contributed by atoms with E-state index in [2.05, 4.69) is 12.2 Å². The van der Waals surface area contributed by atoms with Crippen LogP contribution in [0.3, 0.4) is 0 Å². The number of hydrogen-bond acceptors (Lipinski definition) is 3. The lowest BCUT2D eigenvalue weighted by atomic mass is 10.1. The molecule has 0 bridgehead atoms. The van der Waals surface area contributed by atoms with Gasteiger partial charge in [0.05, 0.1) is 12.2 Å². The highest BCUT2D eigenvalue weighted by molar-refractivity contribution is 6.13. The van der Waals surface area contributed by atoms with E-state index in [0.29, 0.717) is 23.5 Å². The molecule has 0 saturated heterocycles. The van der Waals surface area contributed by atoms with Crippen molar-refractivity contribution in [2.24, 2.45) is 0 Å². The molecule has 0 fully saturated rings. The second-order valence-electron chi connectivity index (χ2n) is 6.59. The van der Waals surface area contributed by atoms with E-state index in [-0.39, 0.29) is 5.91 Å². The molecule has 3 rings (SSSR count). The molecule has 0 saturated carbocycles. The summed E-state index contributed by atoms with van der Waals surface area (Å²) in [6, 6.07) is 11.5. The summed E-state index contributed by atoms with van der Waals surface area (Å²) in [6.07, 6.45) is 2.08. The van der Waals surface area contributed by atoms with Crippen molar-refractivity contribution in [2.75, 3.05) is 11.9 Å². The topological polar surface area (TPSA) is 51.5 Å². The Morgan fingerprint density at radius 2 is 1.96 bits per heavy atom. The van der Waals surface area contributed by atoms with Crippen LogP contribution in [0.2, 0.25) is 0 Å². The molecule has 0 aliphatic heterocycles. The molecule has 1 N–H and O–H groups in total. The van der Waals surface area contributed by atoms with Crippen molar-refractivity contribution < 1.29 is 13.9 Å². The van der Waals surface area contributed by atoms with Gasteiger partial charge in [-0.2, -0.15) is 0 Å². The number of unbranched alkanes of at least 4 members (excludes halogenated alkanes) is 1. The fourth-order valence-corrected chi connectivity index (χ4v) is 2.98. The molecule has 4 heteroatoms. The van der Waals surface area contributed by atoms with Gasteiger partial charge in [-0.3, -0.25) is 4.79 Å². The molecule has 0 aliphatic carbocycles. The van der Waals surface area contributed by atoms with Crippen LogP contribution in [-0.2, 0) is 0 Å². The van der Waals surface area contributed by atoms with E-state index < -0.39 is 0 Å². The van der Waals surface area contributed by atoms with Crippen molar-refractivity contribution in [2.45, 2.75) is 40.5 Å². The highest BCUT2D eigenvalue weighted by Gasteiger charge is 2.19. The van der Waals surface area contributed by atoms with E-state index in [4.69, 9.17) is 9.15 Å². The number of amides is 1. The van der Waals surface area contributed by atoms with Gasteiger partial charge in [-0.05, 0) is 62.6 Å². The molecule has 0 atom stereocenters. The largest absolute Gasteiger partial charge is 0.494 e. The zero-order valence-electron chi connectivity index (χ0n) is 15.8. The van der Waals surface area contributed by atoms with Crippen LogP contribution in [0.25, 0.3) is 11.0 Å². The molecule has 2 aromatic carbocycles. The predicted octanol–water partition coefficient (Wildman–Crippen LogP) is 5.79. The zero-order chi connectivity index (χ0) is 18.7. The van der Waals surface area contributed by atoms with Gasteiger partial charge in [0, 0.05) is 11.1 Å². The highest BCUT2D eigenvalue weighted by Crippen LogP contribution is 2.30. The van der Waals surface area contributed by atoms with Crippen molar-refractivity contribution in [3.05, 3.63) is 58.8 Å². The molecule has 0 radical (unpaired) electrons. The first-order valence-electron chi connectivity index (χ1n) is 9.04. The second-order valence-corrected chi connectivity index (χ2v) is 6.59. The van der Waals surface area contributed by atoms with E-state index in [1.807, 2.05) is 57.2 Å². The molecule has 26 heavy (non-hydrogen) atoms. The number of ether oxygens (including phenoxy) is 1. The quantitative estimate of drug-likeness (QED) is 0.572. The number of nitrogens with one attached hydrogen (secondary N) is 1. The van der Waals surface area contributed by atoms with Crippen LogP contribution < -0.4 is 10.1 Å². The predicted molar refractivity (Wildman–Crippen MR) is 105 cm³/mol. The molecular weight excluding hydrogens is 326 g/mol. The van der Waals surface area contributed by atoms with Crippen LogP contribution in [0.1, 0.15) is 47.0 Å². The number of carbonyl (C=O) groups excluding carboxylic acids is 1. The Labute approximate surface area is 154 Å². The SMILES string of the molecule is CCCCOc1ccc2oc(C)c(C(=O)Nc3cccc(C)c3C)c2c1.